The minimum atomic E-state index is -3.72. The maximum atomic E-state index is 13.0. The highest BCUT2D eigenvalue weighted by atomic mass is 32.2. The Balaban J connectivity index is 1.71. The molecule has 0 bridgehead atoms. The Hall–Kier alpha value is -2.46. The van der Waals surface area contributed by atoms with Crippen LogP contribution >= 0.6 is 0 Å². The van der Waals surface area contributed by atoms with Crippen LogP contribution in [0.2, 0.25) is 0 Å². The van der Waals surface area contributed by atoms with Crippen molar-refractivity contribution < 1.29 is 22.5 Å². The topological polar surface area (TPSA) is 115 Å². The number of likely N-dealkylation sites (N-methyl/N-ethyl adjacent to an activating group) is 1. The zero-order chi connectivity index (χ0) is 23.7. The number of sulfone groups is 1. The van der Waals surface area contributed by atoms with Crippen molar-refractivity contribution >= 4 is 15.7 Å². The fourth-order valence-electron chi connectivity index (χ4n) is 4.48. The first-order valence-corrected chi connectivity index (χ1v) is 12.3. The van der Waals surface area contributed by atoms with Gasteiger partial charge in [0.05, 0.1) is 18.4 Å². The van der Waals surface area contributed by atoms with Crippen molar-refractivity contribution in [3.63, 3.8) is 0 Å². The van der Waals surface area contributed by atoms with E-state index in [1.807, 2.05) is 0 Å². The number of ether oxygens (including phenoxy) is 1. The number of hydrogen-bond donors (Lipinski definition) is 1. The number of aryl methyl sites for hydroxylation is 2. The molecule has 2 heterocycles. The lowest BCUT2D eigenvalue weighted by atomic mass is 9.79. The van der Waals surface area contributed by atoms with Crippen LogP contribution in [-0.4, -0.2) is 62.7 Å². The van der Waals surface area contributed by atoms with Gasteiger partial charge in [0.15, 0.2) is 15.7 Å². The molecule has 0 spiro atoms. The number of rotatable bonds is 7. The van der Waals surface area contributed by atoms with Crippen LogP contribution in [0.15, 0.2) is 21.6 Å². The molecule has 0 aliphatic carbocycles. The third kappa shape index (κ3) is 5.12. The molecule has 1 aromatic carbocycles. The van der Waals surface area contributed by atoms with Gasteiger partial charge in [-0.1, -0.05) is 19.0 Å². The van der Waals surface area contributed by atoms with E-state index < -0.39 is 15.6 Å². The van der Waals surface area contributed by atoms with Crippen molar-refractivity contribution in [1.82, 2.24) is 20.4 Å². The predicted molar refractivity (Wildman–Crippen MR) is 119 cm³/mol. The van der Waals surface area contributed by atoms with Gasteiger partial charge in [0.1, 0.15) is 11.5 Å². The van der Waals surface area contributed by atoms with Gasteiger partial charge in [0, 0.05) is 19.6 Å². The summed E-state index contributed by atoms with van der Waals surface area (Å²) in [6.45, 7) is 9.41. The third-order valence-corrected chi connectivity index (χ3v) is 7.94. The summed E-state index contributed by atoms with van der Waals surface area (Å²) in [5.41, 5.74) is 1.12. The van der Waals surface area contributed by atoms with Crippen molar-refractivity contribution in [2.45, 2.75) is 57.2 Å². The van der Waals surface area contributed by atoms with Crippen LogP contribution in [0.1, 0.15) is 43.1 Å². The largest absolute Gasteiger partial charge is 0.497 e. The Morgan fingerprint density at radius 2 is 1.97 bits per heavy atom. The molecule has 1 amide bonds. The summed E-state index contributed by atoms with van der Waals surface area (Å²) in [4.78, 5) is 19.0. The second-order valence-electron chi connectivity index (χ2n) is 9.10. The van der Waals surface area contributed by atoms with Crippen LogP contribution in [0.3, 0.4) is 0 Å². The Kier molecular flexibility index (Phi) is 6.94. The van der Waals surface area contributed by atoms with Crippen LogP contribution in [0, 0.1) is 19.3 Å². The number of carbonyl (C=O) groups excluding carboxylic acids is 1. The van der Waals surface area contributed by atoms with Gasteiger partial charge in [-0.3, -0.25) is 4.79 Å². The minimum absolute atomic E-state index is 0.0349. The number of amides is 1. The van der Waals surface area contributed by atoms with E-state index in [9.17, 15) is 13.2 Å². The molecule has 1 N–H and O–H groups in total. The van der Waals surface area contributed by atoms with E-state index >= 15 is 0 Å². The van der Waals surface area contributed by atoms with E-state index in [0.717, 1.165) is 19.5 Å². The third-order valence-electron chi connectivity index (χ3n) is 6.05. The molecule has 32 heavy (non-hydrogen) atoms. The van der Waals surface area contributed by atoms with E-state index in [-0.39, 0.29) is 40.4 Å². The Morgan fingerprint density at radius 3 is 2.56 bits per heavy atom. The highest BCUT2D eigenvalue weighted by molar-refractivity contribution is 7.90. The molecular formula is C22H32N4O5S. The van der Waals surface area contributed by atoms with E-state index in [0.29, 0.717) is 16.9 Å². The molecule has 2 aromatic rings. The first-order chi connectivity index (χ1) is 14.9. The molecule has 0 radical (unpaired) electrons. The molecule has 1 fully saturated rings. The van der Waals surface area contributed by atoms with Gasteiger partial charge in [-0.2, -0.15) is 4.98 Å². The van der Waals surface area contributed by atoms with Crippen LogP contribution in [-0.2, 0) is 26.8 Å². The van der Waals surface area contributed by atoms with E-state index in [1.165, 1.54) is 7.11 Å². The van der Waals surface area contributed by atoms with Gasteiger partial charge in [0.2, 0.25) is 11.8 Å². The molecule has 1 saturated heterocycles. The number of nitrogens with one attached hydrogen (secondary N) is 1. The quantitative estimate of drug-likeness (QED) is 0.662. The standard InChI is InChI=1S/C22H32N4O5S/c1-14-9-16(30-6)10-15(2)21(14)32(28,29)12-19-24-18(25-31-19)11-20(27)26(5)17-7-8-23-13-22(17,3)4/h9-10,17,23H,7-8,11-13H2,1-6H3. The van der Waals surface area contributed by atoms with E-state index in [4.69, 9.17) is 9.26 Å². The van der Waals surface area contributed by atoms with Crippen LogP contribution < -0.4 is 10.1 Å². The molecule has 176 valence electrons. The molecule has 1 aromatic heterocycles. The normalized spacial score (nSPS) is 18.4. The van der Waals surface area contributed by atoms with Gasteiger partial charge >= 0.3 is 0 Å². The molecule has 10 heteroatoms. The lowest BCUT2D eigenvalue weighted by molar-refractivity contribution is -0.134. The number of aromatic nitrogens is 2. The molecule has 0 saturated carbocycles. The molecule has 1 aliphatic heterocycles. The number of piperidine rings is 1. The number of hydrogen-bond acceptors (Lipinski definition) is 8. The van der Waals surface area contributed by atoms with Gasteiger partial charge in [-0.15, -0.1) is 0 Å². The summed E-state index contributed by atoms with van der Waals surface area (Å²) in [6.07, 6.45) is 0.826. The van der Waals surface area contributed by atoms with E-state index in [2.05, 4.69) is 29.3 Å². The first-order valence-electron chi connectivity index (χ1n) is 10.6. The molecular weight excluding hydrogens is 432 g/mol. The molecule has 1 aliphatic rings. The van der Waals surface area contributed by atoms with Crippen LogP contribution in [0.4, 0.5) is 0 Å². The van der Waals surface area contributed by atoms with Gasteiger partial charge in [0.25, 0.3) is 0 Å². The summed E-state index contributed by atoms with van der Waals surface area (Å²) in [5.74, 6) is 0.189. The summed E-state index contributed by atoms with van der Waals surface area (Å²) >= 11 is 0. The van der Waals surface area contributed by atoms with Crippen LogP contribution in [0.25, 0.3) is 0 Å². The maximum Gasteiger partial charge on any atom is 0.242 e. The predicted octanol–water partition coefficient (Wildman–Crippen LogP) is 2.06. The lowest BCUT2D eigenvalue weighted by Crippen LogP contribution is -2.55. The fraction of sp³-hybridized carbons (Fsp3) is 0.591. The Morgan fingerprint density at radius 1 is 1.31 bits per heavy atom. The summed E-state index contributed by atoms with van der Waals surface area (Å²) in [6, 6.07) is 3.45. The van der Waals surface area contributed by atoms with Crippen molar-refractivity contribution in [2.75, 3.05) is 27.2 Å². The van der Waals surface area contributed by atoms with E-state index in [1.54, 1.807) is 37.9 Å². The second kappa shape index (κ2) is 9.19. The highest BCUT2D eigenvalue weighted by Gasteiger charge is 2.37. The number of methoxy groups -OCH3 is 1. The number of carbonyl (C=O) groups is 1. The number of benzene rings is 1. The Labute approximate surface area is 189 Å². The monoisotopic (exact) mass is 464 g/mol. The average molecular weight is 465 g/mol. The fourth-order valence-corrected chi connectivity index (χ4v) is 6.17. The summed E-state index contributed by atoms with van der Waals surface area (Å²) in [7, 11) is -0.390. The summed E-state index contributed by atoms with van der Waals surface area (Å²) < 4.78 is 36.4. The molecule has 3 rings (SSSR count). The van der Waals surface area contributed by atoms with Gasteiger partial charge < -0.3 is 19.5 Å². The van der Waals surface area contributed by atoms with Crippen molar-refractivity contribution in [3.8, 4) is 5.75 Å². The first kappa shape index (κ1) is 24.2. The van der Waals surface area contributed by atoms with Crippen LogP contribution in [0.5, 0.6) is 5.75 Å². The molecule has 1 atom stereocenters. The lowest BCUT2D eigenvalue weighted by Gasteiger charge is -2.44. The Bertz CT molecular complexity index is 1070. The van der Waals surface area contributed by atoms with Crippen molar-refractivity contribution in [1.29, 1.82) is 0 Å². The average Bonchev–Trinajstić information content (AvgIpc) is 3.12. The smallest absolute Gasteiger partial charge is 0.242 e. The SMILES string of the molecule is COc1cc(C)c(S(=O)(=O)Cc2nc(CC(=O)N(C)C3CCNCC3(C)C)no2)c(C)c1. The second-order valence-corrected chi connectivity index (χ2v) is 11.0. The maximum absolute atomic E-state index is 13.0. The zero-order valence-electron chi connectivity index (χ0n) is 19.6. The zero-order valence-corrected chi connectivity index (χ0v) is 20.4. The number of nitrogens with zero attached hydrogens (tertiary/aromatic N) is 3. The van der Waals surface area contributed by atoms with Gasteiger partial charge in [-0.05, 0) is 55.5 Å². The summed E-state index contributed by atoms with van der Waals surface area (Å²) in [5, 5.41) is 7.20. The van der Waals surface area contributed by atoms with Crippen molar-refractivity contribution in [2.24, 2.45) is 5.41 Å². The van der Waals surface area contributed by atoms with Crippen molar-refractivity contribution in [3.05, 3.63) is 35.0 Å². The van der Waals surface area contributed by atoms with Gasteiger partial charge in [-0.25, -0.2) is 8.42 Å². The molecule has 9 nitrogen and oxygen atoms in total. The highest BCUT2D eigenvalue weighted by Crippen LogP contribution is 2.30. The molecule has 1 unspecified atom stereocenters. The minimum Gasteiger partial charge on any atom is -0.497 e.